The third-order valence-electron chi connectivity index (χ3n) is 4.81. The molecule has 7 heteroatoms. The molecule has 3 rings (SSSR count). The summed E-state index contributed by atoms with van der Waals surface area (Å²) in [6.45, 7) is 6.31. The molecule has 2 aromatic rings. The van der Waals surface area contributed by atoms with Gasteiger partial charge in [-0.2, -0.15) is 0 Å². The first-order valence-electron chi connectivity index (χ1n) is 9.59. The molecule has 1 aliphatic rings. The predicted octanol–water partition coefficient (Wildman–Crippen LogP) is 2.22. The maximum absolute atomic E-state index is 6.16. The topological polar surface area (TPSA) is 85.5 Å². The van der Waals surface area contributed by atoms with Crippen LogP contribution >= 0.6 is 0 Å². The molecule has 2 heterocycles. The minimum atomic E-state index is 0.374. The number of nitrogens with zero attached hydrogens (tertiary/aromatic N) is 3. The van der Waals surface area contributed by atoms with Crippen molar-refractivity contribution < 1.29 is 9.47 Å². The van der Waals surface area contributed by atoms with Crippen molar-refractivity contribution >= 4 is 11.6 Å². The number of ether oxygens (including phenoxy) is 2. The molecule has 0 saturated carbocycles. The Morgan fingerprint density at radius 2 is 2.00 bits per heavy atom. The fourth-order valence-corrected chi connectivity index (χ4v) is 3.35. The second-order valence-electron chi connectivity index (χ2n) is 6.79. The first-order valence-corrected chi connectivity index (χ1v) is 9.59. The highest BCUT2D eigenvalue weighted by Gasteiger charge is 2.23. The van der Waals surface area contributed by atoms with Crippen LogP contribution in [-0.2, 0) is 0 Å². The number of hydrogen-bond donors (Lipinski definition) is 2. The number of anilines is 2. The number of hydrogen-bond acceptors (Lipinski definition) is 7. The summed E-state index contributed by atoms with van der Waals surface area (Å²) in [4.78, 5) is 10.9. The Hall–Kier alpha value is -3.24. The molecular formula is C22H27N5O2. The lowest BCUT2D eigenvalue weighted by Crippen LogP contribution is -2.46. The fourth-order valence-electron chi connectivity index (χ4n) is 3.35. The highest BCUT2D eigenvalue weighted by atomic mass is 16.5. The average molecular weight is 393 g/mol. The number of rotatable bonds is 6. The second-order valence-corrected chi connectivity index (χ2v) is 6.79. The van der Waals surface area contributed by atoms with Gasteiger partial charge in [-0.1, -0.05) is 17.9 Å². The number of benzene rings is 1. The van der Waals surface area contributed by atoms with Crippen molar-refractivity contribution in [3.8, 4) is 23.3 Å². The van der Waals surface area contributed by atoms with Gasteiger partial charge in [0.05, 0.1) is 14.2 Å². The molecule has 1 saturated heterocycles. The zero-order chi connectivity index (χ0) is 20.6. The number of nitrogens with two attached hydrogens (primary N) is 1. The van der Waals surface area contributed by atoms with Crippen molar-refractivity contribution in [1.29, 1.82) is 0 Å². The molecule has 1 unspecified atom stereocenters. The van der Waals surface area contributed by atoms with Gasteiger partial charge in [-0.3, -0.25) is 0 Å². The average Bonchev–Trinajstić information content (AvgIpc) is 2.76. The molecule has 1 aromatic carbocycles. The lowest BCUT2D eigenvalue weighted by molar-refractivity contribution is 0.394. The molecule has 29 heavy (non-hydrogen) atoms. The first kappa shape index (κ1) is 20.5. The molecule has 0 spiro atoms. The minimum Gasteiger partial charge on any atom is -0.497 e. The number of piperidine rings is 1. The van der Waals surface area contributed by atoms with E-state index in [1.165, 1.54) is 6.33 Å². The van der Waals surface area contributed by atoms with Gasteiger partial charge in [0.1, 0.15) is 35.0 Å². The Morgan fingerprint density at radius 3 is 2.69 bits per heavy atom. The smallest absolute Gasteiger partial charge is 0.150 e. The summed E-state index contributed by atoms with van der Waals surface area (Å²) in [6, 6.07) is 5.89. The molecule has 0 amide bonds. The van der Waals surface area contributed by atoms with E-state index >= 15 is 0 Å². The highest BCUT2D eigenvalue weighted by Crippen LogP contribution is 2.25. The summed E-state index contributed by atoms with van der Waals surface area (Å²) in [5.41, 5.74) is 7.56. The van der Waals surface area contributed by atoms with Gasteiger partial charge in [0.15, 0.2) is 0 Å². The third kappa shape index (κ3) is 5.18. The van der Waals surface area contributed by atoms with E-state index in [1.54, 1.807) is 20.3 Å². The summed E-state index contributed by atoms with van der Waals surface area (Å²) in [7, 11) is 3.22. The number of nitrogens with one attached hydrogen (secondary N) is 1. The first-order chi connectivity index (χ1) is 14.1. The monoisotopic (exact) mass is 393 g/mol. The van der Waals surface area contributed by atoms with Gasteiger partial charge in [0.25, 0.3) is 0 Å². The Kier molecular flexibility index (Phi) is 6.93. The maximum atomic E-state index is 6.16. The zero-order valence-corrected chi connectivity index (χ0v) is 16.9. The molecule has 0 radical (unpaired) electrons. The maximum Gasteiger partial charge on any atom is 0.150 e. The van der Waals surface area contributed by atoms with Crippen molar-refractivity contribution in [3.63, 3.8) is 0 Å². The Balaban J connectivity index is 1.90. The van der Waals surface area contributed by atoms with Crippen LogP contribution in [0.1, 0.15) is 24.0 Å². The number of nitrogen functional groups attached to an aromatic ring is 1. The van der Waals surface area contributed by atoms with Gasteiger partial charge in [0.2, 0.25) is 0 Å². The van der Waals surface area contributed by atoms with Gasteiger partial charge in [-0.05, 0) is 25.0 Å². The lowest BCUT2D eigenvalue weighted by Gasteiger charge is -2.34. The van der Waals surface area contributed by atoms with Crippen LogP contribution in [0.3, 0.4) is 0 Å². The van der Waals surface area contributed by atoms with E-state index in [9.17, 15) is 0 Å². The minimum absolute atomic E-state index is 0.374. The summed E-state index contributed by atoms with van der Waals surface area (Å²) < 4.78 is 10.6. The molecule has 7 nitrogen and oxygen atoms in total. The van der Waals surface area contributed by atoms with E-state index < -0.39 is 0 Å². The van der Waals surface area contributed by atoms with E-state index in [4.69, 9.17) is 15.2 Å². The molecule has 1 atom stereocenters. The number of methoxy groups -OCH3 is 2. The van der Waals surface area contributed by atoms with Crippen molar-refractivity contribution in [3.05, 3.63) is 48.3 Å². The van der Waals surface area contributed by atoms with E-state index in [0.29, 0.717) is 28.9 Å². The van der Waals surface area contributed by atoms with E-state index in [2.05, 4.69) is 38.6 Å². The van der Waals surface area contributed by atoms with Crippen LogP contribution in [0.5, 0.6) is 11.5 Å². The van der Waals surface area contributed by atoms with Crippen molar-refractivity contribution in [2.24, 2.45) is 0 Å². The van der Waals surface area contributed by atoms with Crippen LogP contribution in [0.15, 0.2) is 37.2 Å². The normalized spacial score (nSPS) is 15.9. The lowest BCUT2D eigenvalue weighted by atomic mass is 10.0. The van der Waals surface area contributed by atoms with E-state index in [1.807, 2.05) is 18.2 Å². The molecule has 1 aromatic heterocycles. The van der Waals surface area contributed by atoms with E-state index in [-0.39, 0.29) is 0 Å². The van der Waals surface area contributed by atoms with Crippen LogP contribution in [0.25, 0.3) is 0 Å². The summed E-state index contributed by atoms with van der Waals surface area (Å²) >= 11 is 0. The molecule has 152 valence electrons. The summed E-state index contributed by atoms with van der Waals surface area (Å²) in [5.74, 6) is 8.82. The van der Waals surface area contributed by atoms with Crippen molar-refractivity contribution in [2.75, 3.05) is 44.5 Å². The Bertz CT molecular complexity index is 897. The molecular weight excluding hydrogens is 366 g/mol. The van der Waals surface area contributed by atoms with Crippen LogP contribution in [-0.4, -0.2) is 49.9 Å². The standard InChI is InChI=1S/C22H27N5O2/c1-4-9-24-17-6-5-10-27(14-17)22-20(21(23)25-15-26-22)8-7-16-11-18(28-2)13-19(12-16)29-3/h4,11-13,15,17,24H,1,5-6,9-10,14H2,2-3H3,(H2,23,25,26). The Labute approximate surface area is 171 Å². The quantitative estimate of drug-likeness (QED) is 0.575. The van der Waals surface area contributed by atoms with Crippen LogP contribution in [0.4, 0.5) is 11.6 Å². The zero-order valence-electron chi connectivity index (χ0n) is 16.9. The summed E-state index contributed by atoms with van der Waals surface area (Å²) in [5, 5.41) is 3.49. The predicted molar refractivity (Wildman–Crippen MR) is 115 cm³/mol. The van der Waals surface area contributed by atoms with E-state index in [0.717, 1.165) is 43.9 Å². The molecule has 1 fully saturated rings. The van der Waals surface area contributed by atoms with Gasteiger partial charge >= 0.3 is 0 Å². The van der Waals surface area contributed by atoms with Crippen molar-refractivity contribution in [2.45, 2.75) is 18.9 Å². The summed E-state index contributed by atoms with van der Waals surface area (Å²) in [6.07, 6.45) is 5.56. The molecule has 3 N–H and O–H groups in total. The van der Waals surface area contributed by atoms with Gasteiger partial charge in [-0.25, -0.2) is 9.97 Å². The third-order valence-corrected chi connectivity index (χ3v) is 4.81. The van der Waals surface area contributed by atoms with Crippen LogP contribution < -0.4 is 25.4 Å². The molecule has 0 aliphatic carbocycles. The van der Waals surface area contributed by atoms with Crippen LogP contribution in [0, 0.1) is 11.8 Å². The van der Waals surface area contributed by atoms with Crippen molar-refractivity contribution in [1.82, 2.24) is 15.3 Å². The van der Waals surface area contributed by atoms with Crippen LogP contribution in [0.2, 0.25) is 0 Å². The highest BCUT2D eigenvalue weighted by molar-refractivity contribution is 5.66. The molecule has 1 aliphatic heterocycles. The Morgan fingerprint density at radius 1 is 1.24 bits per heavy atom. The van der Waals surface area contributed by atoms with Gasteiger partial charge < -0.3 is 25.4 Å². The fraction of sp³-hybridized carbons (Fsp3) is 0.364. The number of aromatic nitrogens is 2. The SMILES string of the molecule is C=CCNC1CCCN(c2ncnc(N)c2C#Cc2cc(OC)cc(OC)c2)C1. The largest absolute Gasteiger partial charge is 0.497 e. The van der Waals surface area contributed by atoms with Gasteiger partial charge in [0, 0.05) is 37.3 Å². The molecule has 0 bridgehead atoms. The van der Waals surface area contributed by atoms with Gasteiger partial charge in [-0.15, -0.1) is 6.58 Å². The second kappa shape index (κ2) is 9.80.